The first kappa shape index (κ1) is 18.1. The summed E-state index contributed by atoms with van der Waals surface area (Å²) >= 11 is 0. The second kappa shape index (κ2) is 6.42. The molecule has 0 amide bonds. The summed E-state index contributed by atoms with van der Waals surface area (Å²) in [5.74, 6) is -0.619. The summed E-state index contributed by atoms with van der Waals surface area (Å²) < 4.78 is 31.5. The Morgan fingerprint density at radius 1 is 0.821 bits per heavy atom. The number of ether oxygens (including phenoxy) is 1. The van der Waals surface area contributed by atoms with Crippen molar-refractivity contribution < 1.29 is 22.7 Å². The van der Waals surface area contributed by atoms with Crippen molar-refractivity contribution >= 4 is 21.6 Å². The number of carbonyl (C=O) groups is 2. The van der Waals surface area contributed by atoms with Crippen molar-refractivity contribution in [1.29, 1.82) is 0 Å². The zero-order valence-electron chi connectivity index (χ0n) is 15.2. The van der Waals surface area contributed by atoms with E-state index in [1.165, 1.54) is 30.3 Å². The van der Waals surface area contributed by atoms with Gasteiger partial charge in [0.2, 0.25) is 9.84 Å². The average Bonchev–Trinajstić information content (AvgIpc) is 2.69. The van der Waals surface area contributed by atoms with Gasteiger partial charge in [-0.15, -0.1) is 0 Å². The van der Waals surface area contributed by atoms with E-state index in [1.807, 2.05) is 32.0 Å². The van der Waals surface area contributed by atoms with Gasteiger partial charge in [-0.2, -0.15) is 0 Å². The van der Waals surface area contributed by atoms with Crippen LogP contribution in [0, 0.1) is 13.8 Å². The standard InChI is InChI=1S/C22H16O5S/c1-13-6-5-7-14(2)21(13)27-22(24)15-10-11-17-19(12-15)28(25,26)18-9-4-3-8-16(18)20(17)23/h3-12H,1-2H3. The second-order valence-corrected chi connectivity index (χ2v) is 8.54. The highest BCUT2D eigenvalue weighted by Crippen LogP contribution is 2.35. The molecule has 0 aliphatic carbocycles. The molecule has 1 heterocycles. The van der Waals surface area contributed by atoms with Gasteiger partial charge in [-0.25, -0.2) is 13.2 Å². The monoisotopic (exact) mass is 392 g/mol. The molecule has 3 aromatic carbocycles. The van der Waals surface area contributed by atoms with Gasteiger partial charge < -0.3 is 4.74 Å². The van der Waals surface area contributed by atoms with Crippen LogP contribution >= 0.6 is 0 Å². The molecule has 0 saturated heterocycles. The number of fused-ring (bicyclic) bond motifs is 2. The van der Waals surface area contributed by atoms with E-state index in [0.717, 1.165) is 11.1 Å². The number of ketones is 1. The number of rotatable bonds is 2. The first-order chi connectivity index (χ1) is 13.3. The number of aryl methyl sites for hydroxylation is 2. The first-order valence-electron chi connectivity index (χ1n) is 8.62. The fraction of sp³-hybridized carbons (Fsp3) is 0.0909. The van der Waals surface area contributed by atoms with Crippen molar-refractivity contribution in [1.82, 2.24) is 0 Å². The van der Waals surface area contributed by atoms with Crippen molar-refractivity contribution in [3.8, 4) is 5.75 Å². The molecule has 28 heavy (non-hydrogen) atoms. The Morgan fingerprint density at radius 3 is 2.18 bits per heavy atom. The maximum absolute atomic E-state index is 13.0. The van der Waals surface area contributed by atoms with E-state index in [2.05, 4.69) is 0 Å². The van der Waals surface area contributed by atoms with E-state index in [1.54, 1.807) is 12.1 Å². The summed E-state index contributed by atoms with van der Waals surface area (Å²) in [5.41, 5.74) is 1.85. The Bertz CT molecular complexity index is 1240. The lowest BCUT2D eigenvalue weighted by atomic mass is 10.0. The van der Waals surface area contributed by atoms with Gasteiger partial charge in [0.15, 0.2) is 5.78 Å². The smallest absolute Gasteiger partial charge is 0.343 e. The molecule has 0 saturated carbocycles. The molecule has 5 nitrogen and oxygen atoms in total. The highest BCUT2D eigenvalue weighted by atomic mass is 32.2. The number of para-hydroxylation sites is 1. The third-order valence-electron chi connectivity index (χ3n) is 4.78. The van der Waals surface area contributed by atoms with Gasteiger partial charge in [-0.3, -0.25) is 4.79 Å². The minimum Gasteiger partial charge on any atom is -0.422 e. The molecular weight excluding hydrogens is 376 g/mol. The molecule has 1 aliphatic rings. The second-order valence-electron chi connectivity index (χ2n) is 6.65. The lowest BCUT2D eigenvalue weighted by Crippen LogP contribution is -2.21. The maximum atomic E-state index is 13.0. The highest BCUT2D eigenvalue weighted by molar-refractivity contribution is 7.91. The minimum absolute atomic E-state index is 0.0484. The summed E-state index contributed by atoms with van der Waals surface area (Å²) in [4.78, 5) is 25.1. The molecule has 4 rings (SSSR count). The molecule has 3 aromatic rings. The van der Waals surface area contributed by atoms with E-state index in [0.29, 0.717) is 5.75 Å². The van der Waals surface area contributed by atoms with Gasteiger partial charge in [0.05, 0.1) is 15.4 Å². The summed E-state index contributed by atoms with van der Waals surface area (Å²) in [6.45, 7) is 3.64. The van der Waals surface area contributed by atoms with Crippen molar-refractivity contribution in [2.45, 2.75) is 23.6 Å². The van der Waals surface area contributed by atoms with Gasteiger partial charge in [-0.05, 0) is 55.3 Å². The largest absolute Gasteiger partial charge is 0.422 e. The SMILES string of the molecule is Cc1cccc(C)c1OC(=O)c1ccc2c(c1)S(=O)(=O)c1ccccc1C2=O. The molecule has 0 unspecified atom stereocenters. The van der Waals surface area contributed by atoms with Crippen LogP contribution in [-0.2, 0) is 9.84 Å². The predicted molar refractivity (Wildman–Crippen MR) is 103 cm³/mol. The van der Waals surface area contributed by atoms with Crippen LogP contribution in [0.4, 0.5) is 0 Å². The first-order valence-corrected chi connectivity index (χ1v) is 10.1. The zero-order chi connectivity index (χ0) is 20.1. The Labute approximate surface area is 162 Å². The summed E-state index contributed by atoms with van der Waals surface area (Å²) in [6, 6.07) is 15.6. The normalized spacial score (nSPS) is 14.1. The summed E-state index contributed by atoms with van der Waals surface area (Å²) in [6.07, 6.45) is 0. The minimum atomic E-state index is -3.91. The van der Waals surface area contributed by atoms with E-state index in [4.69, 9.17) is 4.74 Å². The molecule has 140 valence electrons. The van der Waals surface area contributed by atoms with Crippen LogP contribution in [-0.4, -0.2) is 20.2 Å². The predicted octanol–water partition coefficient (Wildman–Crippen LogP) is 3.90. The van der Waals surface area contributed by atoms with Crippen molar-refractivity contribution in [2.24, 2.45) is 0 Å². The van der Waals surface area contributed by atoms with Crippen molar-refractivity contribution in [2.75, 3.05) is 0 Å². The number of carbonyl (C=O) groups excluding carboxylic acids is 2. The summed E-state index contributed by atoms with van der Waals surface area (Å²) in [5, 5.41) is 0. The Hall–Kier alpha value is -3.25. The number of sulfone groups is 1. The van der Waals surface area contributed by atoms with Gasteiger partial charge in [0.25, 0.3) is 0 Å². The number of benzene rings is 3. The Balaban J connectivity index is 1.78. The van der Waals surface area contributed by atoms with Crippen LogP contribution in [0.15, 0.2) is 70.5 Å². The molecule has 0 spiro atoms. The molecule has 0 atom stereocenters. The fourth-order valence-electron chi connectivity index (χ4n) is 3.32. The Morgan fingerprint density at radius 2 is 1.46 bits per heavy atom. The lowest BCUT2D eigenvalue weighted by Gasteiger charge is -2.19. The van der Waals surface area contributed by atoms with Crippen LogP contribution < -0.4 is 4.74 Å². The van der Waals surface area contributed by atoms with Gasteiger partial charge >= 0.3 is 5.97 Å². The van der Waals surface area contributed by atoms with E-state index in [9.17, 15) is 18.0 Å². The van der Waals surface area contributed by atoms with Crippen molar-refractivity contribution in [3.63, 3.8) is 0 Å². The highest BCUT2D eigenvalue weighted by Gasteiger charge is 2.35. The molecule has 0 N–H and O–H groups in total. The third kappa shape index (κ3) is 2.73. The van der Waals surface area contributed by atoms with E-state index >= 15 is 0 Å². The molecule has 6 heteroatoms. The van der Waals surface area contributed by atoms with Gasteiger partial charge in [0.1, 0.15) is 5.75 Å². The molecule has 0 fully saturated rings. The van der Waals surface area contributed by atoms with Crippen LogP contribution in [0.25, 0.3) is 0 Å². The van der Waals surface area contributed by atoms with Crippen molar-refractivity contribution in [3.05, 3.63) is 88.5 Å². The molecule has 1 aliphatic heterocycles. The van der Waals surface area contributed by atoms with Crippen LogP contribution in [0.2, 0.25) is 0 Å². The number of hydrogen-bond donors (Lipinski definition) is 0. The van der Waals surface area contributed by atoms with Crippen LogP contribution in [0.5, 0.6) is 5.75 Å². The molecule has 0 bridgehead atoms. The van der Waals surface area contributed by atoms with Crippen LogP contribution in [0.3, 0.4) is 0 Å². The molecule has 0 radical (unpaired) electrons. The third-order valence-corrected chi connectivity index (χ3v) is 6.63. The Kier molecular flexibility index (Phi) is 4.16. The van der Waals surface area contributed by atoms with Gasteiger partial charge in [-0.1, -0.05) is 30.3 Å². The van der Waals surface area contributed by atoms with E-state index in [-0.39, 0.29) is 32.3 Å². The van der Waals surface area contributed by atoms with Crippen LogP contribution in [0.1, 0.15) is 37.4 Å². The quantitative estimate of drug-likeness (QED) is 0.382. The zero-order valence-corrected chi connectivity index (χ0v) is 16.0. The topological polar surface area (TPSA) is 77.5 Å². The lowest BCUT2D eigenvalue weighted by molar-refractivity contribution is 0.0731. The maximum Gasteiger partial charge on any atom is 0.343 e. The van der Waals surface area contributed by atoms with E-state index < -0.39 is 15.8 Å². The molecule has 0 aromatic heterocycles. The van der Waals surface area contributed by atoms with Gasteiger partial charge in [0, 0.05) is 11.1 Å². The average molecular weight is 392 g/mol. The number of hydrogen-bond acceptors (Lipinski definition) is 5. The fourth-order valence-corrected chi connectivity index (χ4v) is 5.00. The summed E-state index contributed by atoms with van der Waals surface area (Å²) in [7, 11) is -3.91. The number of esters is 1. The molecular formula is C22H16O5S.